The number of ether oxygens (including phenoxy) is 2. The lowest BCUT2D eigenvalue weighted by atomic mass is 10.0. The van der Waals surface area contributed by atoms with Gasteiger partial charge in [0.05, 0.1) is 7.11 Å². The molecule has 0 fully saturated rings. The Morgan fingerprint density at radius 3 is 2.52 bits per heavy atom. The van der Waals surface area contributed by atoms with Crippen LogP contribution in [0, 0.1) is 11.3 Å². The van der Waals surface area contributed by atoms with Crippen LogP contribution in [0.4, 0.5) is 5.69 Å². The number of anilines is 1. The van der Waals surface area contributed by atoms with Crippen molar-refractivity contribution >= 4 is 33.6 Å². The highest BCUT2D eigenvalue weighted by atomic mass is 79.9. The highest BCUT2D eigenvalue weighted by Crippen LogP contribution is 2.35. The molecule has 0 saturated carbocycles. The summed E-state index contributed by atoms with van der Waals surface area (Å²) in [6.45, 7) is 4.21. The Kier molecular flexibility index (Phi) is 8.45. The fourth-order valence-electron chi connectivity index (χ4n) is 3.17. The lowest BCUT2D eigenvalue weighted by Crippen LogP contribution is -2.13. The summed E-state index contributed by atoms with van der Waals surface area (Å²) < 4.78 is 12.5. The lowest BCUT2D eigenvalue weighted by Gasteiger charge is -2.16. The summed E-state index contributed by atoms with van der Waals surface area (Å²) in [6, 6.07) is 22.6. The molecule has 3 aromatic rings. The molecule has 0 heterocycles. The Hall–Kier alpha value is -3.82. The maximum Gasteiger partial charge on any atom is 0.266 e. The first kappa shape index (κ1) is 23.8. The van der Waals surface area contributed by atoms with Crippen LogP contribution in [0.25, 0.3) is 6.08 Å². The maximum absolute atomic E-state index is 12.6. The summed E-state index contributed by atoms with van der Waals surface area (Å²) >= 11 is 3.36. The van der Waals surface area contributed by atoms with Crippen LogP contribution < -0.4 is 14.8 Å². The smallest absolute Gasteiger partial charge is 0.266 e. The van der Waals surface area contributed by atoms with Gasteiger partial charge in [0.2, 0.25) is 0 Å². The summed E-state index contributed by atoms with van der Waals surface area (Å²) in [5.74, 6) is 0.631. The first-order chi connectivity index (χ1) is 16.0. The molecule has 0 aliphatic rings. The van der Waals surface area contributed by atoms with Crippen LogP contribution >= 0.6 is 15.9 Å². The van der Waals surface area contributed by atoms with Gasteiger partial charge in [-0.3, -0.25) is 4.79 Å². The second-order valence-electron chi connectivity index (χ2n) is 7.11. The minimum atomic E-state index is -0.492. The van der Waals surface area contributed by atoms with Crippen molar-refractivity contribution in [3.05, 3.63) is 106 Å². The van der Waals surface area contributed by atoms with Crippen LogP contribution in [0.5, 0.6) is 11.5 Å². The van der Waals surface area contributed by atoms with E-state index in [9.17, 15) is 10.1 Å². The zero-order chi connectivity index (χ0) is 23.6. The maximum atomic E-state index is 12.6. The van der Waals surface area contributed by atoms with E-state index in [2.05, 4.69) is 27.8 Å². The highest BCUT2D eigenvalue weighted by Gasteiger charge is 2.15. The molecule has 0 radical (unpaired) electrons. The number of methoxy groups -OCH3 is 1. The predicted molar refractivity (Wildman–Crippen MR) is 134 cm³/mol. The van der Waals surface area contributed by atoms with Crippen molar-refractivity contribution in [2.45, 2.75) is 13.0 Å². The molecule has 5 nitrogen and oxygen atoms in total. The van der Waals surface area contributed by atoms with Crippen molar-refractivity contribution in [3.63, 3.8) is 0 Å². The largest absolute Gasteiger partial charge is 0.493 e. The summed E-state index contributed by atoms with van der Waals surface area (Å²) in [4.78, 5) is 12.6. The number of hydrogen-bond donors (Lipinski definition) is 1. The van der Waals surface area contributed by atoms with Gasteiger partial charge >= 0.3 is 0 Å². The number of nitrogens with one attached hydrogen (secondary N) is 1. The molecule has 3 rings (SSSR count). The molecule has 0 unspecified atom stereocenters. The zero-order valence-corrected chi connectivity index (χ0v) is 19.8. The van der Waals surface area contributed by atoms with Crippen molar-refractivity contribution in [3.8, 4) is 17.6 Å². The first-order valence-corrected chi connectivity index (χ1v) is 11.0. The molecule has 0 aliphatic carbocycles. The third kappa shape index (κ3) is 6.58. The molecule has 6 heteroatoms. The molecule has 1 amide bonds. The zero-order valence-electron chi connectivity index (χ0n) is 18.2. The van der Waals surface area contributed by atoms with Crippen LogP contribution in [0.1, 0.15) is 16.7 Å². The van der Waals surface area contributed by atoms with E-state index in [0.29, 0.717) is 35.8 Å². The third-order valence-electron chi connectivity index (χ3n) is 4.74. The normalized spacial score (nSPS) is 10.8. The highest BCUT2D eigenvalue weighted by molar-refractivity contribution is 9.10. The van der Waals surface area contributed by atoms with E-state index < -0.39 is 5.91 Å². The van der Waals surface area contributed by atoms with Gasteiger partial charge in [-0.1, -0.05) is 52.3 Å². The van der Waals surface area contributed by atoms with Crippen LogP contribution in [0.2, 0.25) is 0 Å². The molecule has 166 valence electrons. The topological polar surface area (TPSA) is 71.4 Å². The number of hydrogen-bond acceptors (Lipinski definition) is 4. The molecule has 1 N–H and O–H groups in total. The van der Waals surface area contributed by atoms with Crippen LogP contribution in [-0.2, 0) is 17.8 Å². The quantitative estimate of drug-likeness (QED) is 0.211. The first-order valence-electron chi connectivity index (χ1n) is 10.2. The number of benzene rings is 3. The van der Waals surface area contributed by atoms with E-state index in [-0.39, 0.29) is 5.57 Å². The van der Waals surface area contributed by atoms with Crippen molar-refractivity contribution in [1.82, 2.24) is 0 Å². The van der Waals surface area contributed by atoms with Crippen molar-refractivity contribution in [2.75, 3.05) is 12.4 Å². The summed E-state index contributed by atoms with van der Waals surface area (Å²) in [7, 11) is 1.56. The average molecular weight is 503 g/mol. The molecule has 0 spiro atoms. The van der Waals surface area contributed by atoms with Gasteiger partial charge in [0.25, 0.3) is 5.91 Å². The second kappa shape index (κ2) is 11.7. The molecular weight excluding hydrogens is 480 g/mol. The van der Waals surface area contributed by atoms with Crippen molar-refractivity contribution in [2.24, 2.45) is 0 Å². The van der Waals surface area contributed by atoms with E-state index in [4.69, 9.17) is 9.47 Å². The van der Waals surface area contributed by atoms with Gasteiger partial charge in [0.1, 0.15) is 18.2 Å². The standard InChI is InChI=1S/C27H23BrN2O3/c1-3-7-21-14-20(15-22(17-29)27(31)30-24-12-10-23(28)11-13-24)16-25(32-2)26(21)33-18-19-8-5-4-6-9-19/h3-6,8-16H,1,7,18H2,2H3,(H,30,31)/b22-15-. The molecule has 0 saturated heterocycles. The van der Waals surface area contributed by atoms with E-state index >= 15 is 0 Å². The van der Waals surface area contributed by atoms with E-state index in [1.165, 1.54) is 6.08 Å². The van der Waals surface area contributed by atoms with Crippen molar-refractivity contribution in [1.29, 1.82) is 5.26 Å². The Labute approximate surface area is 202 Å². The number of nitriles is 1. The summed E-state index contributed by atoms with van der Waals surface area (Å²) in [6.07, 6.45) is 3.84. The van der Waals surface area contributed by atoms with Gasteiger partial charge in [-0.05, 0) is 60.0 Å². The van der Waals surface area contributed by atoms with Crippen LogP contribution in [0.3, 0.4) is 0 Å². The minimum Gasteiger partial charge on any atom is -0.493 e. The third-order valence-corrected chi connectivity index (χ3v) is 5.27. The number of amides is 1. The van der Waals surface area contributed by atoms with E-state index in [1.807, 2.05) is 54.6 Å². The van der Waals surface area contributed by atoms with Crippen molar-refractivity contribution < 1.29 is 14.3 Å². The van der Waals surface area contributed by atoms with Gasteiger partial charge in [-0.15, -0.1) is 6.58 Å². The number of nitrogens with zero attached hydrogens (tertiary/aromatic N) is 1. The molecule has 0 atom stereocenters. The van der Waals surface area contributed by atoms with Crippen LogP contribution in [-0.4, -0.2) is 13.0 Å². The molecule has 0 aliphatic heterocycles. The molecule has 0 bridgehead atoms. The van der Waals surface area contributed by atoms with E-state index in [0.717, 1.165) is 15.6 Å². The fraction of sp³-hybridized carbons (Fsp3) is 0.111. The predicted octanol–water partition coefficient (Wildman–Crippen LogP) is 6.31. The molecule has 33 heavy (non-hydrogen) atoms. The minimum absolute atomic E-state index is 0.0255. The molecular formula is C27H23BrN2O3. The van der Waals surface area contributed by atoms with Crippen LogP contribution in [0.15, 0.2) is 89.4 Å². The van der Waals surface area contributed by atoms with Gasteiger partial charge in [0.15, 0.2) is 11.5 Å². The lowest BCUT2D eigenvalue weighted by molar-refractivity contribution is -0.112. The fourth-order valence-corrected chi connectivity index (χ4v) is 3.43. The number of allylic oxidation sites excluding steroid dienone is 1. The summed E-state index contributed by atoms with van der Waals surface area (Å²) in [5, 5.41) is 12.3. The summed E-state index contributed by atoms with van der Waals surface area (Å²) in [5.41, 5.74) is 3.10. The van der Waals surface area contributed by atoms with Gasteiger partial charge in [0, 0.05) is 15.7 Å². The molecule has 3 aromatic carbocycles. The SMILES string of the molecule is C=CCc1cc(/C=C(/C#N)C(=O)Nc2ccc(Br)cc2)cc(OC)c1OCc1ccccc1. The Morgan fingerprint density at radius 2 is 1.88 bits per heavy atom. The Balaban J connectivity index is 1.89. The monoisotopic (exact) mass is 502 g/mol. The number of carbonyl (C=O) groups is 1. The Bertz CT molecular complexity index is 1200. The second-order valence-corrected chi connectivity index (χ2v) is 8.02. The number of rotatable bonds is 9. The van der Waals surface area contributed by atoms with Gasteiger partial charge in [-0.25, -0.2) is 0 Å². The number of halogens is 1. The number of carbonyl (C=O) groups excluding carboxylic acids is 1. The molecule has 0 aromatic heterocycles. The van der Waals surface area contributed by atoms with E-state index in [1.54, 1.807) is 31.4 Å². The van der Waals surface area contributed by atoms with Gasteiger partial charge < -0.3 is 14.8 Å². The average Bonchev–Trinajstić information content (AvgIpc) is 2.83. The van der Waals surface area contributed by atoms with Gasteiger partial charge in [-0.2, -0.15) is 5.26 Å². The Morgan fingerprint density at radius 1 is 1.15 bits per heavy atom.